The Hall–Kier alpha value is -1.33. The fraction of sp³-hybridized carbons (Fsp3) is 0.0714. The summed E-state index contributed by atoms with van der Waals surface area (Å²) in [6, 6.07) is 13.2. The van der Waals surface area contributed by atoms with Gasteiger partial charge in [0.05, 0.1) is 0 Å². The molecule has 2 N–H and O–H groups in total. The predicted molar refractivity (Wildman–Crippen MR) is 83.3 cm³/mol. The van der Waals surface area contributed by atoms with Gasteiger partial charge in [0.2, 0.25) is 0 Å². The Morgan fingerprint density at radius 1 is 1.11 bits per heavy atom. The zero-order valence-electron chi connectivity index (χ0n) is 9.78. The molecule has 2 aromatic carbocycles. The van der Waals surface area contributed by atoms with Gasteiger partial charge in [0.25, 0.3) is 5.91 Å². The first-order chi connectivity index (χ1) is 9.15. The number of carbonyl (C=O) groups is 1. The average molecular weight is 382 g/mol. The number of hydrogen-bond donors (Lipinski definition) is 2. The Kier molecular flexibility index (Phi) is 3.33. The van der Waals surface area contributed by atoms with Crippen LogP contribution in [-0.2, 0) is 4.79 Å². The molecule has 1 atom stereocenters. The lowest BCUT2D eigenvalue weighted by Crippen LogP contribution is -2.19. The van der Waals surface area contributed by atoms with E-state index < -0.39 is 0 Å². The summed E-state index contributed by atoms with van der Waals surface area (Å²) in [4.78, 5) is 12.1. The minimum Gasteiger partial charge on any atom is -0.369 e. The number of para-hydroxylation sites is 1. The normalized spacial score (nSPS) is 16.9. The minimum atomic E-state index is -0.369. The molecule has 96 valence electrons. The summed E-state index contributed by atoms with van der Waals surface area (Å²) in [6.45, 7) is 0. The molecule has 19 heavy (non-hydrogen) atoms. The summed E-state index contributed by atoms with van der Waals surface area (Å²) >= 11 is 6.91. The molecule has 0 fully saturated rings. The van der Waals surface area contributed by atoms with Gasteiger partial charge in [-0.1, -0.05) is 28.1 Å². The molecule has 0 saturated heterocycles. The highest BCUT2D eigenvalue weighted by atomic mass is 79.9. The van der Waals surface area contributed by atoms with E-state index in [1.165, 1.54) is 0 Å². The van der Waals surface area contributed by atoms with Gasteiger partial charge in [-0.2, -0.15) is 0 Å². The van der Waals surface area contributed by atoms with Gasteiger partial charge in [0, 0.05) is 25.9 Å². The van der Waals surface area contributed by atoms with Gasteiger partial charge < -0.3 is 10.6 Å². The average Bonchev–Trinajstić information content (AvgIpc) is 2.69. The van der Waals surface area contributed by atoms with Crippen molar-refractivity contribution in [2.45, 2.75) is 6.04 Å². The molecule has 3 rings (SSSR count). The number of hydrogen-bond acceptors (Lipinski definition) is 2. The maximum atomic E-state index is 12.1. The van der Waals surface area contributed by atoms with Crippen LogP contribution in [0.2, 0.25) is 0 Å². The summed E-state index contributed by atoms with van der Waals surface area (Å²) in [6.07, 6.45) is 0. The van der Waals surface area contributed by atoms with Gasteiger partial charge in [-0.25, -0.2) is 0 Å². The zero-order valence-corrected chi connectivity index (χ0v) is 13.0. The smallest absolute Gasteiger partial charge is 0.251 e. The Morgan fingerprint density at radius 2 is 1.89 bits per heavy atom. The van der Waals surface area contributed by atoms with E-state index in [0.29, 0.717) is 0 Å². The van der Waals surface area contributed by atoms with E-state index in [1.807, 2.05) is 42.5 Å². The van der Waals surface area contributed by atoms with Crippen molar-refractivity contribution in [1.82, 2.24) is 0 Å². The van der Waals surface area contributed by atoms with Crippen molar-refractivity contribution in [3.05, 3.63) is 57.0 Å². The number of carbonyl (C=O) groups excluding carboxylic acids is 1. The molecule has 0 radical (unpaired) electrons. The molecule has 1 unspecified atom stereocenters. The molecule has 0 spiro atoms. The van der Waals surface area contributed by atoms with Gasteiger partial charge in [-0.05, 0) is 46.3 Å². The van der Waals surface area contributed by atoms with E-state index in [2.05, 4.69) is 42.5 Å². The molecule has 5 heteroatoms. The van der Waals surface area contributed by atoms with Crippen molar-refractivity contribution in [1.29, 1.82) is 0 Å². The van der Waals surface area contributed by atoms with Gasteiger partial charge in [-0.3, -0.25) is 4.79 Å². The Bertz CT molecular complexity index is 658. The number of benzene rings is 2. The van der Waals surface area contributed by atoms with Crippen molar-refractivity contribution >= 4 is 49.1 Å². The maximum absolute atomic E-state index is 12.1. The van der Waals surface area contributed by atoms with Crippen LogP contribution >= 0.6 is 31.9 Å². The van der Waals surface area contributed by atoms with Crippen LogP contribution < -0.4 is 10.6 Å². The molecule has 1 aliphatic rings. The summed E-state index contributed by atoms with van der Waals surface area (Å²) in [5, 5.41) is 6.14. The van der Waals surface area contributed by atoms with Crippen LogP contribution in [0.5, 0.6) is 0 Å². The summed E-state index contributed by atoms with van der Waals surface area (Å²) in [5.41, 5.74) is 2.71. The second kappa shape index (κ2) is 4.98. The SMILES string of the molecule is O=C1Nc2ccc(Br)cc2C1Nc1ccccc1Br. The molecule has 2 aromatic rings. The van der Waals surface area contributed by atoms with Crippen molar-refractivity contribution in [3.8, 4) is 0 Å². The topological polar surface area (TPSA) is 41.1 Å². The van der Waals surface area contributed by atoms with Crippen LogP contribution in [-0.4, -0.2) is 5.91 Å². The van der Waals surface area contributed by atoms with Crippen molar-refractivity contribution in [2.24, 2.45) is 0 Å². The monoisotopic (exact) mass is 380 g/mol. The first kappa shape index (κ1) is 12.7. The molecule has 3 nitrogen and oxygen atoms in total. The standard InChI is InChI=1S/C14H10Br2N2O/c15-8-5-6-11-9(7-8)13(14(19)18-11)17-12-4-2-1-3-10(12)16/h1-7,13,17H,(H,18,19). The van der Waals surface area contributed by atoms with E-state index >= 15 is 0 Å². The fourth-order valence-electron chi connectivity index (χ4n) is 2.11. The second-order valence-corrected chi connectivity index (χ2v) is 6.05. The number of fused-ring (bicyclic) bond motifs is 1. The van der Waals surface area contributed by atoms with Crippen LogP contribution in [0, 0.1) is 0 Å². The van der Waals surface area contributed by atoms with Crippen LogP contribution in [0.25, 0.3) is 0 Å². The lowest BCUT2D eigenvalue weighted by atomic mass is 10.1. The third-order valence-electron chi connectivity index (χ3n) is 3.02. The molecule has 0 aromatic heterocycles. The van der Waals surface area contributed by atoms with E-state index in [1.54, 1.807) is 0 Å². The molecule has 1 aliphatic heterocycles. The van der Waals surface area contributed by atoms with Crippen LogP contribution in [0.3, 0.4) is 0 Å². The summed E-state index contributed by atoms with van der Waals surface area (Å²) in [5.74, 6) is -0.0381. The fourth-order valence-corrected chi connectivity index (χ4v) is 2.89. The van der Waals surface area contributed by atoms with E-state index in [0.717, 1.165) is 25.9 Å². The minimum absolute atomic E-state index is 0.0381. The van der Waals surface area contributed by atoms with Gasteiger partial charge in [0.1, 0.15) is 6.04 Å². The number of amides is 1. The highest BCUT2D eigenvalue weighted by molar-refractivity contribution is 9.10. The lowest BCUT2D eigenvalue weighted by molar-refractivity contribution is -0.116. The highest BCUT2D eigenvalue weighted by Crippen LogP contribution is 2.36. The van der Waals surface area contributed by atoms with Crippen LogP contribution in [0.4, 0.5) is 11.4 Å². The number of rotatable bonds is 2. The number of anilines is 2. The second-order valence-electron chi connectivity index (χ2n) is 4.28. The molecule has 0 saturated carbocycles. The molecule has 0 aliphatic carbocycles. The first-order valence-electron chi connectivity index (χ1n) is 5.76. The lowest BCUT2D eigenvalue weighted by Gasteiger charge is -2.14. The Morgan fingerprint density at radius 3 is 2.68 bits per heavy atom. The molecular formula is C14H10Br2N2O. The zero-order chi connectivity index (χ0) is 13.4. The summed E-state index contributed by atoms with van der Waals surface area (Å²) < 4.78 is 1.90. The Labute approximate surface area is 127 Å². The largest absolute Gasteiger partial charge is 0.369 e. The third-order valence-corrected chi connectivity index (χ3v) is 4.20. The molecule has 1 amide bonds. The predicted octanol–water partition coefficient (Wildman–Crippen LogP) is 4.32. The summed E-state index contributed by atoms with van der Waals surface area (Å²) in [7, 11) is 0. The van der Waals surface area contributed by atoms with Crippen molar-refractivity contribution < 1.29 is 4.79 Å². The molecule has 1 heterocycles. The number of halogens is 2. The van der Waals surface area contributed by atoms with Gasteiger partial charge in [-0.15, -0.1) is 0 Å². The quantitative estimate of drug-likeness (QED) is 0.813. The third kappa shape index (κ3) is 2.40. The first-order valence-corrected chi connectivity index (χ1v) is 7.35. The van der Waals surface area contributed by atoms with Crippen LogP contribution in [0.15, 0.2) is 51.4 Å². The van der Waals surface area contributed by atoms with Crippen molar-refractivity contribution in [2.75, 3.05) is 10.6 Å². The van der Waals surface area contributed by atoms with Crippen molar-refractivity contribution in [3.63, 3.8) is 0 Å². The highest BCUT2D eigenvalue weighted by Gasteiger charge is 2.30. The maximum Gasteiger partial charge on any atom is 0.251 e. The van der Waals surface area contributed by atoms with Gasteiger partial charge in [0.15, 0.2) is 0 Å². The van der Waals surface area contributed by atoms with E-state index in [4.69, 9.17) is 0 Å². The van der Waals surface area contributed by atoms with E-state index in [9.17, 15) is 4.79 Å². The molecular weight excluding hydrogens is 372 g/mol. The molecule has 0 bridgehead atoms. The Balaban J connectivity index is 1.97. The van der Waals surface area contributed by atoms with E-state index in [-0.39, 0.29) is 11.9 Å². The van der Waals surface area contributed by atoms with Gasteiger partial charge >= 0.3 is 0 Å². The van der Waals surface area contributed by atoms with Crippen LogP contribution in [0.1, 0.15) is 11.6 Å². The number of nitrogens with one attached hydrogen (secondary N) is 2.